The van der Waals surface area contributed by atoms with Crippen LogP contribution in [0.5, 0.6) is 0 Å². The minimum Gasteiger partial charge on any atom is -0.477 e. The number of nitrogens with one attached hydrogen (secondary N) is 1. The van der Waals surface area contributed by atoms with Gasteiger partial charge < -0.3 is 10.1 Å². The maximum absolute atomic E-state index is 11.0. The third kappa shape index (κ3) is 1.80. The van der Waals surface area contributed by atoms with Crippen LogP contribution >= 0.6 is 34.8 Å². The Morgan fingerprint density at radius 3 is 2.23 bits per heavy atom. The maximum atomic E-state index is 11.0. The van der Waals surface area contributed by atoms with E-state index in [1.54, 1.807) is 0 Å². The minimum atomic E-state index is -1.45. The molecule has 0 fully saturated rings. The number of carboxylic acid groups (broad SMARTS) is 1. The Balaban J connectivity index is 3.63. The summed E-state index contributed by atoms with van der Waals surface area (Å²) in [6.07, 6.45) is 0. The number of aromatic carboxylic acids is 1. The van der Waals surface area contributed by atoms with Gasteiger partial charge in [-0.2, -0.15) is 0 Å². The van der Waals surface area contributed by atoms with Gasteiger partial charge in [0, 0.05) is 0 Å². The molecule has 0 aromatic carbocycles. The van der Waals surface area contributed by atoms with Crippen molar-refractivity contribution in [3.8, 4) is 0 Å². The molecule has 0 saturated heterocycles. The molecule has 0 bridgehead atoms. The first-order chi connectivity index (χ1) is 5.95. The number of hydrogen-bond acceptors (Lipinski definition) is 2. The van der Waals surface area contributed by atoms with Crippen LogP contribution < -0.4 is 5.56 Å². The van der Waals surface area contributed by atoms with Gasteiger partial charge in [0.25, 0.3) is 5.56 Å². The summed E-state index contributed by atoms with van der Waals surface area (Å²) >= 11 is 16.4. The molecule has 1 rings (SSSR count). The number of carbonyl (C=O) groups is 1. The van der Waals surface area contributed by atoms with Crippen LogP contribution in [0.3, 0.4) is 0 Å². The number of rotatable bonds is 1. The molecule has 0 aliphatic carbocycles. The van der Waals surface area contributed by atoms with Crippen molar-refractivity contribution in [2.24, 2.45) is 0 Å². The molecule has 4 nitrogen and oxygen atoms in total. The molecule has 70 valence electrons. The van der Waals surface area contributed by atoms with Crippen molar-refractivity contribution in [1.82, 2.24) is 4.98 Å². The molecule has 1 aromatic rings. The van der Waals surface area contributed by atoms with Crippen LogP contribution in [0.1, 0.15) is 10.4 Å². The predicted octanol–water partition coefficient (Wildman–Crippen LogP) is 2.03. The molecule has 7 heteroatoms. The Morgan fingerprint density at radius 2 is 1.77 bits per heavy atom. The van der Waals surface area contributed by atoms with E-state index in [9.17, 15) is 9.59 Å². The lowest BCUT2D eigenvalue weighted by atomic mass is 10.3. The summed E-state index contributed by atoms with van der Waals surface area (Å²) in [4.78, 5) is 23.5. The highest BCUT2D eigenvalue weighted by Crippen LogP contribution is 2.28. The lowest BCUT2D eigenvalue weighted by Crippen LogP contribution is -2.18. The first-order valence-corrected chi connectivity index (χ1v) is 4.08. The summed E-state index contributed by atoms with van der Waals surface area (Å²) in [5.41, 5.74) is -1.50. The van der Waals surface area contributed by atoms with Crippen LogP contribution in [0.2, 0.25) is 15.2 Å². The molecule has 0 aliphatic rings. The molecule has 0 atom stereocenters. The third-order valence-corrected chi connectivity index (χ3v) is 2.50. The molecule has 0 amide bonds. The van der Waals surface area contributed by atoms with Crippen molar-refractivity contribution >= 4 is 40.8 Å². The van der Waals surface area contributed by atoms with Gasteiger partial charge in [0.1, 0.15) is 10.7 Å². The smallest absolute Gasteiger partial charge is 0.342 e. The Labute approximate surface area is 87.0 Å². The van der Waals surface area contributed by atoms with E-state index in [0.29, 0.717) is 0 Å². The van der Waals surface area contributed by atoms with Gasteiger partial charge in [0.05, 0.1) is 10.0 Å². The number of pyridine rings is 1. The summed E-state index contributed by atoms with van der Waals surface area (Å²) in [7, 11) is 0. The molecular weight excluding hydrogens is 240 g/mol. The van der Waals surface area contributed by atoms with E-state index in [-0.39, 0.29) is 15.2 Å². The fraction of sp³-hybridized carbons (Fsp3) is 0. The van der Waals surface area contributed by atoms with Crippen molar-refractivity contribution < 1.29 is 9.90 Å². The van der Waals surface area contributed by atoms with Gasteiger partial charge in [0.2, 0.25) is 0 Å². The van der Waals surface area contributed by atoms with Crippen LogP contribution in [0.25, 0.3) is 0 Å². The number of halogens is 3. The lowest BCUT2D eigenvalue weighted by molar-refractivity contribution is 0.0695. The number of H-pyrrole nitrogens is 1. The minimum absolute atomic E-state index is 0.179. The van der Waals surface area contributed by atoms with Crippen LogP contribution in [0.15, 0.2) is 4.79 Å². The highest BCUT2D eigenvalue weighted by atomic mass is 35.5. The highest BCUT2D eigenvalue weighted by Gasteiger charge is 2.18. The average Bonchev–Trinajstić information content (AvgIpc) is 1.99. The molecule has 1 aromatic heterocycles. The topological polar surface area (TPSA) is 70.2 Å². The Kier molecular flexibility index (Phi) is 2.85. The molecule has 0 saturated carbocycles. The zero-order valence-corrected chi connectivity index (χ0v) is 8.17. The number of hydrogen-bond donors (Lipinski definition) is 2. The first-order valence-electron chi connectivity index (χ1n) is 2.95. The zero-order valence-electron chi connectivity index (χ0n) is 5.90. The number of aromatic nitrogens is 1. The third-order valence-electron chi connectivity index (χ3n) is 1.27. The molecular formula is C6H2Cl3NO3. The second-order valence-corrected chi connectivity index (χ2v) is 3.21. The van der Waals surface area contributed by atoms with Crippen molar-refractivity contribution in [3.63, 3.8) is 0 Å². The summed E-state index contributed by atoms with van der Waals surface area (Å²) in [6.45, 7) is 0. The van der Waals surface area contributed by atoms with Crippen molar-refractivity contribution in [3.05, 3.63) is 31.1 Å². The standard InChI is InChI=1S/C6H2Cl3NO3/c7-2-1(6(12)13)5(11)10-4(9)3(2)8/h(H,10,11)(H,12,13). The van der Waals surface area contributed by atoms with Crippen molar-refractivity contribution in [1.29, 1.82) is 0 Å². The van der Waals surface area contributed by atoms with Crippen molar-refractivity contribution in [2.75, 3.05) is 0 Å². The molecule has 1 heterocycles. The van der Waals surface area contributed by atoms with Gasteiger partial charge in [-0.1, -0.05) is 34.8 Å². The largest absolute Gasteiger partial charge is 0.477 e. The normalized spacial score (nSPS) is 10.1. The van der Waals surface area contributed by atoms with Crippen LogP contribution in [0.4, 0.5) is 0 Å². The van der Waals surface area contributed by atoms with Gasteiger partial charge in [0.15, 0.2) is 0 Å². The van der Waals surface area contributed by atoms with E-state index in [1.165, 1.54) is 0 Å². The summed E-state index contributed by atoms with van der Waals surface area (Å²) in [5, 5.41) is 7.84. The monoisotopic (exact) mass is 241 g/mol. The van der Waals surface area contributed by atoms with Crippen LogP contribution in [0, 0.1) is 0 Å². The van der Waals surface area contributed by atoms with E-state index in [4.69, 9.17) is 39.9 Å². The summed E-state index contributed by atoms with van der Waals surface area (Å²) in [6, 6.07) is 0. The average molecular weight is 242 g/mol. The molecule has 0 aliphatic heterocycles. The molecule has 13 heavy (non-hydrogen) atoms. The molecule has 0 radical (unpaired) electrons. The predicted molar refractivity (Wildman–Crippen MR) is 49.1 cm³/mol. The Morgan fingerprint density at radius 1 is 1.23 bits per heavy atom. The molecule has 0 unspecified atom stereocenters. The van der Waals surface area contributed by atoms with E-state index < -0.39 is 17.1 Å². The molecule has 0 spiro atoms. The van der Waals surface area contributed by atoms with Gasteiger partial charge >= 0.3 is 5.97 Å². The first kappa shape index (κ1) is 10.4. The van der Waals surface area contributed by atoms with Crippen LogP contribution in [-0.2, 0) is 0 Å². The second-order valence-electron chi connectivity index (χ2n) is 2.08. The van der Waals surface area contributed by atoms with Gasteiger partial charge in [-0.05, 0) is 0 Å². The Bertz CT molecular complexity index is 426. The fourth-order valence-electron chi connectivity index (χ4n) is 0.714. The lowest BCUT2D eigenvalue weighted by Gasteiger charge is -2.01. The van der Waals surface area contributed by atoms with E-state index in [0.717, 1.165) is 0 Å². The van der Waals surface area contributed by atoms with Gasteiger partial charge in [-0.3, -0.25) is 4.79 Å². The number of carboxylic acids is 1. The van der Waals surface area contributed by atoms with E-state index >= 15 is 0 Å². The second kappa shape index (κ2) is 3.57. The van der Waals surface area contributed by atoms with Crippen molar-refractivity contribution in [2.45, 2.75) is 0 Å². The maximum Gasteiger partial charge on any atom is 0.342 e. The quantitative estimate of drug-likeness (QED) is 0.740. The van der Waals surface area contributed by atoms with Gasteiger partial charge in [-0.15, -0.1) is 0 Å². The van der Waals surface area contributed by atoms with E-state index in [1.807, 2.05) is 4.98 Å². The van der Waals surface area contributed by atoms with Gasteiger partial charge in [-0.25, -0.2) is 4.79 Å². The SMILES string of the molecule is O=C(O)c1c(Cl)c(Cl)c(Cl)[nH]c1=O. The summed E-state index contributed by atoms with van der Waals surface area (Å²) < 4.78 is 0. The van der Waals surface area contributed by atoms with E-state index in [2.05, 4.69) is 0 Å². The number of aromatic amines is 1. The Hall–Kier alpha value is -0.710. The highest BCUT2D eigenvalue weighted by molar-refractivity contribution is 6.48. The van der Waals surface area contributed by atoms with Crippen LogP contribution in [-0.4, -0.2) is 16.1 Å². The zero-order chi connectivity index (χ0) is 10.2. The fourth-order valence-corrected chi connectivity index (χ4v) is 1.35. The summed E-state index contributed by atoms with van der Waals surface area (Å²) in [5.74, 6) is -1.45. The molecule has 2 N–H and O–H groups in total.